The summed E-state index contributed by atoms with van der Waals surface area (Å²) < 4.78 is 13.0. The van der Waals surface area contributed by atoms with Crippen molar-refractivity contribution < 1.29 is 9.18 Å². The minimum Gasteiger partial charge on any atom is -0.353 e. The van der Waals surface area contributed by atoms with E-state index < -0.39 is 0 Å². The van der Waals surface area contributed by atoms with E-state index in [1.165, 1.54) is 17.7 Å². The molecule has 2 aromatic carbocycles. The molecular weight excluding hydrogens is 367 g/mol. The third-order valence-corrected chi connectivity index (χ3v) is 5.03. The maximum absolute atomic E-state index is 13.0. The molecule has 2 N–H and O–H groups in total. The van der Waals surface area contributed by atoms with Gasteiger partial charge in [0.1, 0.15) is 17.3 Å². The van der Waals surface area contributed by atoms with E-state index in [1.807, 2.05) is 30.3 Å². The van der Waals surface area contributed by atoms with Gasteiger partial charge in [-0.15, -0.1) is 0 Å². The number of amides is 1. The van der Waals surface area contributed by atoms with Crippen molar-refractivity contribution >= 4 is 11.7 Å². The first-order valence-corrected chi connectivity index (χ1v) is 9.72. The van der Waals surface area contributed by atoms with Gasteiger partial charge in [0, 0.05) is 32.2 Å². The molecule has 0 unspecified atom stereocenters. The standard InChI is InChI=1S/C23H23FN4O/c24-19-11-9-17(10-12-19)15-26-23(29)20-7-4-8-22(27-20)28-14-13-25-21(16-28)18-5-2-1-3-6-18/h1-12,21,25H,13-16H2,(H,26,29)/t21-/m1/s1. The van der Waals surface area contributed by atoms with Gasteiger partial charge in [-0.1, -0.05) is 48.5 Å². The Morgan fingerprint density at radius 3 is 2.66 bits per heavy atom. The molecule has 1 aliphatic rings. The number of carbonyl (C=O) groups is 1. The summed E-state index contributed by atoms with van der Waals surface area (Å²) in [6.07, 6.45) is 0. The first-order valence-electron chi connectivity index (χ1n) is 9.72. The summed E-state index contributed by atoms with van der Waals surface area (Å²) in [7, 11) is 0. The molecule has 3 aromatic rings. The second-order valence-electron chi connectivity index (χ2n) is 7.05. The van der Waals surface area contributed by atoms with Crippen LogP contribution in [0, 0.1) is 5.82 Å². The quantitative estimate of drug-likeness (QED) is 0.702. The van der Waals surface area contributed by atoms with E-state index in [1.54, 1.807) is 18.2 Å². The Morgan fingerprint density at radius 1 is 1.07 bits per heavy atom. The Kier molecular flexibility index (Phi) is 5.81. The summed E-state index contributed by atoms with van der Waals surface area (Å²) in [5.41, 5.74) is 2.45. The fourth-order valence-electron chi connectivity index (χ4n) is 3.47. The molecule has 1 fully saturated rings. The first-order chi connectivity index (χ1) is 14.2. The van der Waals surface area contributed by atoms with Crippen LogP contribution < -0.4 is 15.5 Å². The molecule has 0 aliphatic carbocycles. The number of nitrogens with one attached hydrogen (secondary N) is 2. The highest BCUT2D eigenvalue weighted by atomic mass is 19.1. The van der Waals surface area contributed by atoms with Gasteiger partial charge in [-0.3, -0.25) is 4.79 Å². The molecule has 5 nitrogen and oxygen atoms in total. The molecule has 6 heteroatoms. The molecular formula is C23H23FN4O. The van der Waals surface area contributed by atoms with E-state index in [2.05, 4.69) is 32.7 Å². The van der Waals surface area contributed by atoms with Crippen LogP contribution in [0.4, 0.5) is 10.2 Å². The highest BCUT2D eigenvalue weighted by Crippen LogP contribution is 2.21. The van der Waals surface area contributed by atoms with Crippen LogP contribution in [0.1, 0.15) is 27.7 Å². The number of pyridine rings is 1. The molecule has 2 heterocycles. The largest absolute Gasteiger partial charge is 0.353 e. The predicted octanol–water partition coefficient (Wildman–Crippen LogP) is 3.30. The second kappa shape index (κ2) is 8.84. The summed E-state index contributed by atoms with van der Waals surface area (Å²) in [5.74, 6) is 0.257. The van der Waals surface area contributed by atoms with Gasteiger partial charge in [0.2, 0.25) is 0 Å². The summed E-state index contributed by atoms with van der Waals surface area (Å²) >= 11 is 0. The average molecular weight is 390 g/mol. The lowest BCUT2D eigenvalue weighted by molar-refractivity contribution is 0.0946. The lowest BCUT2D eigenvalue weighted by Crippen LogP contribution is -2.46. The van der Waals surface area contributed by atoms with Gasteiger partial charge in [0.05, 0.1) is 0 Å². The smallest absolute Gasteiger partial charge is 0.270 e. The Bertz CT molecular complexity index is 962. The van der Waals surface area contributed by atoms with Gasteiger partial charge in [-0.2, -0.15) is 0 Å². The van der Waals surface area contributed by atoms with Crippen molar-refractivity contribution in [1.29, 1.82) is 0 Å². The van der Waals surface area contributed by atoms with Gasteiger partial charge in [0.15, 0.2) is 0 Å². The Labute approximate surface area is 169 Å². The first kappa shape index (κ1) is 19.1. The van der Waals surface area contributed by atoms with Crippen LogP contribution >= 0.6 is 0 Å². The van der Waals surface area contributed by atoms with Gasteiger partial charge in [-0.25, -0.2) is 9.37 Å². The van der Waals surface area contributed by atoms with E-state index in [4.69, 9.17) is 0 Å². The van der Waals surface area contributed by atoms with Crippen LogP contribution in [0.2, 0.25) is 0 Å². The number of aromatic nitrogens is 1. The number of hydrogen-bond acceptors (Lipinski definition) is 4. The van der Waals surface area contributed by atoms with E-state index in [0.717, 1.165) is 31.0 Å². The van der Waals surface area contributed by atoms with Crippen LogP contribution in [0.3, 0.4) is 0 Å². The van der Waals surface area contributed by atoms with Crippen LogP contribution in [0.5, 0.6) is 0 Å². The highest BCUT2D eigenvalue weighted by molar-refractivity contribution is 5.92. The molecule has 0 radical (unpaired) electrons. The van der Waals surface area contributed by atoms with Gasteiger partial charge >= 0.3 is 0 Å². The Balaban J connectivity index is 1.42. The highest BCUT2D eigenvalue weighted by Gasteiger charge is 2.22. The third-order valence-electron chi connectivity index (χ3n) is 5.03. The SMILES string of the molecule is O=C(NCc1ccc(F)cc1)c1cccc(N2CCN[C@@H](c3ccccc3)C2)n1. The summed E-state index contributed by atoms with van der Waals surface area (Å²) in [6, 6.07) is 22.1. The molecule has 0 spiro atoms. The Morgan fingerprint density at radius 2 is 1.86 bits per heavy atom. The molecule has 148 valence electrons. The monoisotopic (exact) mass is 390 g/mol. The molecule has 1 aromatic heterocycles. The molecule has 1 atom stereocenters. The Hall–Kier alpha value is -3.25. The van der Waals surface area contributed by atoms with E-state index in [0.29, 0.717) is 12.2 Å². The molecule has 29 heavy (non-hydrogen) atoms. The minimum absolute atomic E-state index is 0.225. The van der Waals surface area contributed by atoms with Crippen molar-refractivity contribution in [2.75, 3.05) is 24.5 Å². The molecule has 1 saturated heterocycles. The van der Waals surface area contributed by atoms with Crippen molar-refractivity contribution in [3.8, 4) is 0 Å². The minimum atomic E-state index is -0.292. The number of rotatable bonds is 5. The van der Waals surface area contributed by atoms with Crippen molar-refractivity contribution in [2.45, 2.75) is 12.6 Å². The lowest BCUT2D eigenvalue weighted by Gasteiger charge is -2.34. The molecule has 0 saturated carbocycles. The van der Waals surface area contributed by atoms with E-state index in [-0.39, 0.29) is 17.8 Å². The van der Waals surface area contributed by atoms with Crippen molar-refractivity contribution in [2.24, 2.45) is 0 Å². The predicted molar refractivity (Wildman–Crippen MR) is 111 cm³/mol. The fourth-order valence-corrected chi connectivity index (χ4v) is 3.47. The average Bonchev–Trinajstić information content (AvgIpc) is 2.79. The third kappa shape index (κ3) is 4.78. The zero-order valence-electron chi connectivity index (χ0n) is 16.0. The molecule has 1 aliphatic heterocycles. The molecule has 0 bridgehead atoms. The topological polar surface area (TPSA) is 57.3 Å². The maximum atomic E-state index is 13.0. The number of hydrogen-bond donors (Lipinski definition) is 2. The van der Waals surface area contributed by atoms with Crippen LogP contribution in [-0.2, 0) is 6.54 Å². The zero-order chi connectivity index (χ0) is 20.1. The van der Waals surface area contributed by atoms with Crippen molar-refractivity contribution in [1.82, 2.24) is 15.6 Å². The fraction of sp³-hybridized carbons (Fsp3) is 0.217. The normalized spacial score (nSPS) is 16.4. The van der Waals surface area contributed by atoms with Crippen molar-refractivity contribution in [3.05, 3.63) is 95.4 Å². The van der Waals surface area contributed by atoms with Gasteiger partial charge in [-0.05, 0) is 35.4 Å². The van der Waals surface area contributed by atoms with Crippen molar-refractivity contribution in [3.63, 3.8) is 0 Å². The number of benzene rings is 2. The van der Waals surface area contributed by atoms with Gasteiger partial charge in [0.25, 0.3) is 5.91 Å². The number of halogens is 1. The summed E-state index contributed by atoms with van der Waals surface area (Å²) in [4.78, 5) is 19.3. The molecule has 4 rings (SSSR count). The van der Waals surface area contributed by atoms with Crippen LogP contribution in [-0.4, -0.2) is 30.5 Å². The van der Waals surface area contributed by atoms with Crippen LogP contribution in [0.25, 0.3) is 0 Å². The maximum Gasteiger partial charge on any atom is 0.270 e. The number of anilines is 1. The summed E-state index contributed by atoms with van der Waals surface area (Å²) in [5, 5.41) is 6.38. The number of piperazine rings is 1. The lowest BCUT2D eigenvalue weighted by atomic mass is 10.0. The number of nitrogens with zero attached hydrogens (tertiary/aromatic N) is 2. The van der Waals surface area contributed by atoms with E-state index in [9.17, 15) is 9.18 Å². The zero-order valence-corrected chi connectivity index (χ0v) is 16.0. The van der Waals surface area contributed by atoms with Gasteiger partial charge < -0.3 is 15.5 Å². The number of carbonyl (C=O) groups excluding carboxylic acids is 1. The second-order valence-corrected chi connectivity index (χ2v) is 7.05. The van der Waals surface area contributed by atoms with E-state index >= 15 is 0 Å². The summed E-state index contributed by atoms with van der Waals surface area (Å²) in [6.45, 7) is 2.80. The van der Waals surface area contributed by atoms with Crippen LogP contribution in [0.15, 0.2) is 72.8 Å². The molecule has 1 amide bonds.